The van der Waals surface area contributed by atoms with Crippen molar-refractivity contribution in [1.29, 1.82) is 5.26 Å². The van der Waals surface area contributed by atoms with Crippen molar-refractivity contribution in [1.82, 2.24) is 25.3 Å². The lowest BCUT2D eigenvalue weighted by molar-refractivity contribution is 0.0968. The highest BCUT2D eigenvalue weighted by Crippen LogP contribution is 2.34. The first kappa shape index (κ1) is 21.2. The Bertz CT molecular complexity index is 1380. The van der Waals surface area contributed by atoms with Crippen LogP contribution < -0.4 is 10.2 Å². The van der Waals surface area contributed by atoms with E-state index >= 15 is 4.39 Å². The van der Waals surface area contributed by atoms with Crippen molar-refractivity contribution in [3.8, 4) is 17.3 Å². The summed E-state index contributed by atoms with van der Waals surface area (Å²) in [6.45, 7) is 1.45. The number of thiophene rings is 1. The molecule has 0 radical (unpaired) electrons. The summed E-state index contributed by atoms with van der Waals surface area (Å²) in [5.74, 6) is -0.648. The fraction of sp³-hybridized carbons (Fsp3) is 0.261. The predicted molar refractivity (Wildman–Crippen MR) is 123 cm³/mol. The molecule has 0 bridgehead atoms. The molecule has 1 amide bonds. The van der Waals surface area contributed by atoms with Gasteiger partial charge in [-0.2, -0.15) is 5.26 Å². The molecule has 0 aliphatic carbocycles. The van der Waals surface area contributed by atoms with E-state index in [0.717, 1.165) is 29.5 Å². The number of carbonyl (C=O) groups is 1. The van der Waals surface area contributed by atoms with Gasteiger partial charge >= 0.3 is 0 Å². The van der Waals surface area contributed by atoms with Gasteiger partial charge in [0.05, 0.1) is 17.8 Å². The van der Waals surface area contributed by atoms with Crippen LogP contribution in [-0.2, 0) is 7.05 Å². The van der Waals surface area contributed by atoms with Crippen LogP contribution in [-0.4, -0.2) is 45.0 Å². The molecule has 1 atom stereocenters. The van der Waals surface area contributed by atoms with Crippen LogP contribution in [0.1, 0.15) is 28.1 Å². The Morgan fingerprint density at radius 3 is 2.94 bits per heavy atom. The van der Waals surface area contributed by atoms with Crippen LogP contribution in [0.3, 0.4) is 0 Å². The molecular weight excluding hydrogens is 441 g/mol. The molecule has 1 aliphatic rings. The van der Waals surface area contributed by atoms with Gasteiger partial charge in [-0.25, -0.2) is 9.37 Å². The van der Waals surface area contributed by atoms with Crippen molar-refractivity contribution >= 4 is 33.1 Å². The summed E-state index contributed by atoms with van der Waals surface area (Å²) in [6.07, 6.45) is 4.97. The van der Waals surface area contributed by atoms with Gasteiger partial charge in [0, 0.05) is 35.4 Å². The van der Waals surface area contributed by atoms with Gasteiger partial charge in [0.15, 0.2) is 0 Å². The quantitative estimate of drug-likeness (QED) is 0.499. The molecule has 8 nitrogen and oxygen atoms in total. The zero-order chi connectivity index (χ0) is 22.9. The third kappa shape index (κ3) is 3.97. The van der Waals surface area contributed by atoms with E-state index in [9.17, 15) is 10.1 Å². The molecule has 1 saturated heterocycles. The van der Waals surface area contributed by atoms with Crippen molar-refractivity contribution in [3.05, 3.63) is 59.0 Å². The third-order valence-electron chi connectivity index (χ3n) is 5.72. The Morgan fingerprint density at radius 2 is 2.24 bits per heavy atom. The molecule has 4 heterocycles. The average Bonchev–Trinajstić information content (AvgIpc) is 3.46. The number of aromatic nitrogens is 4. The maximum atomic E-state index is 15.2. The second-order valence-corrected chi connectivity index (χ2v) is 9.00. The second kappa shape index (κ2) is 8.69. The maximum Gasteiger partial charge on any atom is 0.262 e. The number of nitriles is 1. The van der Waals surface area contributed by atoms with Crippen molar-refractivity contribution in [2.75, 3.05) is 18.0 Å². The number of benzene rings is 1. The monoisotopic (exact) mass is 461 g/mol. The summed E-state index contributed by atoms with van der Waals surface area (Å²) in [5.41, 5.74) is 1.03. The Kier molecular flexibility index (Phi) is 5.58. The van der Waals surface area contributed by atoms with E-state index in [-0.39, 0.29) is 11.6 Å². The minimum atomic E-state index is -0.632. The zero-order valence-corrected chi connectivity index (χ0v) is 18.6. The average molecular weight is 462 g/mol. The molecule has 1 aliphatic heterocycles. The molecule has 33 heavy (non-hydrogen) atoms. The molecule has 0 saturated carbocycles. The lowest BCUT2D eigenvalue weighted by Gasteiger charge is -2.34. The first-order chi connectivity index (χ1) is 16.0. The molecule has 1 fully saturated rings. The number of aryl methyl sites for hydroxylation is 1. The zero-order valence-electron chi connectivity index (χ0n) is 17.8. The molecule has 3 aromatic heterocycles. The van der Waals surface area contributed by atoms with Gasteiger partial charge < -0.3 is 5.32 Å². The molecule has 5 rings (SSSR count). The molecule has 1 aromatic carbocycles. The fourth-order valence-electron chi connectivity index (χ4n) is 4.14. The van der Waals surface area contributed by atoms with Crippen LogP contribution in [0.4, 0.5) is 10.2 Å². The smallest absolute Gasteiger partial charge is 0.262 e. The number of rotatable bonds is 4. The summed E-state index contributed by atoms with van der Waals surface area (Å²) in [7, 11) is 1.73. The minimum absolute atomic E-state index is 0.0391. The summed E-state index contributed by atoms with van der Waals surface area (Å²) in [4.78, 5) is 20.4. The van der Waals surface area contributed by atoms with Gasteiger partial charge in [-0.1, -0.05) is 11.3 Å². The van der Waals surface area contributed by atoms with Crippen molar-refractivity contribution < 1.29 is 9.18 Å². The summed E-state index contributed by atoms with van der Waals surface area (Å²) >= 11 is 1.34. The normalized spacial score (nSPS) is 16.0. The predicted octanol–water partition coefficient (Wildman–Crippen LogP) is 3.50. The third-order valence-corrected chi connectivity index (χ3v) is 6.72. The minimum Gasteiger partial charge on any atom is -0.315 e. The van der Waals surface area contributed by atoms with E-state index in [1.54, 1.807) is 36.5 Å². The van der Waals surface area contributed by atoms with Crippen LogP contribution in [0.2, 0.25) is 0 Å². The van der Waals surface area contributed by atoms with E-state index in [2.05, 4.69) is 26.7 Å². The highest BCUT2D eigenvalue weighted by molar-refractivity contribution is 7.19. The molecular formula is C23H20FN7OS. The number of piperidine rings is 1. The number of nitrogens with zero attached hydrogens (tertiary/aromatic N) is 6. The molecule has 0 spiro atoms. The topological polar surface area (TPSA) is 99.7 Å². The maximum absolute atomic E-state index is 15.2. The fourth-order valence-corrected chi connectivity index (χ4v) is 4.99. The van der Waals surface area contributed by atoms with Gasteiger partial charge in [-0.3, -0.25) is 14.4 Å². The Labute approximate surface area is 193 Å². The molecule has 1 N–H and O–H groups in total. The van der Waals surface area contributed by atoms with Crippen molar-refractivity contribution in [3.63, 3.8) is 0 Å². The van der Waals surface area contributed by atoms with E-state index in [1.807, 2.05) is 6.07 Å². The van der Waals surface area contributed by atoms with Gasteiger partial charge in [0.2, 0.25) is 0 Å². The summed E-state index contributed by atoms with van der Waals surface area (Å²) in [5, 5.41) is 21.3. The number of carbonyl (C=O) groups excluding carboxylic acids is 1. The lowest BCUT2D eigenvalue weighted by atomic mass is 10.0. The van der Waals surface area contributed by atoms with E-state index in [4.69, 9.17) is 0 Å². The number of pyridine rings is 1. The number of hydrogen-bond donors (Lipinski definition) is 1. The number of anilines is 1. The first-order valence-electron chi connectivity index (χ1n) is 10.5. The molecule has 166 valence electrons. The lowest BCUT2D eigenvalue weighted by Crippen LogP contribution is -2.49. The van der Waals surface area contributed by atoms with Crippen LogP contribution in [0, 0.1) is 17.1 Å². The highest BCUT2D eigenvalue weighted by atomic mass is 32.1. The number of halogens is 1. The SMILES string of the molecule is Cn1cc(-c2ccc(C(=O)N(c3nccc4sc(C#N)cc34)[C@@H]3CCCNC3)c(F)c2)nn1. The Balaban J connectivity index is 1.59. The number of nitrogens with one attached hydrogen (secondary N) is 1. The highest BCUT2D eigenvalue weighted by Gasteiger charge is 2.31. The largest absolute Gasteiger partial charge is 0.315 e. The second-order valence-electron chi connectivity index (χ2n) is 7.92. The van der Waals surface area contributed by atoms with Crippen LogP contribution in [0.25, 0.3) is 21.3 Å². The summed E-state index contributed by atoms with van der Waals surface area (Å²) < 4.78 is 17.6. The first-order valence-corrected chi connectivity index (χ1v) is 11.4. The van der Waals surface area contributed by atoms with E-state index < -0.39 is 11.7 Å². The number of hydrogen-bond acceptors (Lipinski definition) is 7. The van der Waals surface area contributed by atoms with Crippen LogP contribution in [0.5, 0.6) is 0 Å². The van der Waals surface area contributed by atoms with E-state index in [0.29, 0.717) is 28.5 Å². The molecule has 0 unspecified atom stereocenters. The van der Waals surface area contributed by atoms with E-state index in [1.165, 1.54) is 28.2 Å². The van der Waals surface area contributed by atoms with Crippen LogP contribution in [0.15, 0.2) is 42.7 Å². The Morgan fingerprint density at radius 1 is 1.36 bits per heavy atom. The number of fused-ring (bicyclic) bond motifs is 1. The van der Waals surface area contributed by atoms with Crippen LogP contribution >= 0.6 is 11.3 Å². The molecule has 10 heteroatoms. The Hall–Kier alpha value is -3.68. The van der Waals surface area contributed by atoms with Gasteiger partial charge in [-0.15, -0.1) is 16.4 Å². The van der Waals surface area contributed by atoms with Crippen molar-refractivity contribution in [2.24, 2.45) is 7.05 Å². The summed E-state index contributed by atoms with van der Waals surface area (Å²) in [6, 6.07) is 10.00. The van der Waals surface area contributed by atoms with Gasteiger partial charge in [0.1, 0.15) is 28.3 Å². The van der Waals surface area contributed by atoms with Crippen molar-refractivity contribution in [2.45, 2.75) is 18.9 Å². The molecule has 4 aromatic rings. The van der Waals surface area contributed by atoms with Gasteiger partial charge in [-0.05, 0) is 43.7 Å². The van der Waals surface area contributed by atoms with Gasteiger partial charge in [0.25, 0.3) is 5.91 Å². The number of amides is 1. The standard InChI is InChI=1S/C23H20FN7OS/c1-30-13-20(28-29-30)14-4-5-17(19(24)9-14)23(32)31(15-3-2-7-26-12-15)22-18-10-16(11-25)33-21(18)6-8-27-22/h4-6,8-10,13,15,26H,2-3,7,12H2,1H3/t15-/m1/s1.